The van der Waals surface area contributed by atoms with Gasteiger partial charge in [0.25, 0.3) is 0 Å². The predicted octanol–water partition coefficient (Wildman–Crippen LogP) is 4.24. The van der Waals surface area contributed by atoms with Gasteiger partial charge in [0.2, 0.25) is 0 Å². The zero-order chi connectivity index (χ0) is 15.7. The smallest absolute Gasteiger partial charge is 0.182 e. The number of ketones is 1. The second-order valence-electron chi connectivity index (χ2n) is 5.10. The van der Waals surface area contributed by atoms with Crippen LogP contribution < -0.4 is 0 Å². The molecule has 0 fully saturated rings. The number of carbonyl (C=O) groups is 1. The van der Waals surface area contributed by atoms with E-state index in [1.165, 1.54) is 12.1 Å². The van der Waals surface area contributed by atoms with Gasteiger partial charge in [-0.2, -0.15) is 0 Å². The van der Waals surface area contributed by atoms with Crippen LogP contribution in [0.2, 0.25) is 0 Å². The summed E-state index contributed by atoms with van der Waals surface area (Å²) in [6, 6.07) is 5.57. The lowest BCUT2D eigenvalue weighted by Gasteiger charge is -2.10. The van der Waals surface area contributed by atoms with E-state index in [4.69, 9.17) is 11.6 Å². The summed E-state index contributed by atoms with van der Waals surface area (Å²) in [6.07, 6.45) is 0. The van der Waals surface area contributed by atoms with Crippen LogP contribution in [-0.2, 0) is 6.54 Å². The Morgan fingerprint density at radius 3 is 2.48 bits per heavy atom. The molecular weight excluding hydrogens is 296 g/mol. The van der Waals surface area contributed by atoms with Crippen LogP contribution in [0.4, 0.5) is 8.78 Å². The maximum absolute atomic E-state index is 13.3. The van der Waals surface area contributed by atoms with E-state index < -0.39 is 17.0 Å². The SMILES string of the molecule is Cc1cc(C(=O)C(C)Cl)c(C)n1Cc1ccc(F)c(F)c1. The Hall–Kier alpha value is -1.68. The highest BCUT2D eigenvalue weighted by molar-refractivity contribution is 6.33. The average Bonchev–Trinajstić information content (AvgIpc) is 2.70. The molecule has 0 N–H and O–H groups in total. The summed E-state index contributed by atoms with van der Waals surface area (Å²) in [5.74, 6) is -1.88. The number of alkyl halides is 1. The number of benzene rings is 1. The summed E-state index contributed by atoms with van der Waals surface area (Å²) in [7, 11) is 0. The van der Waals surface area contributed by atoms with Crippen LogP contribution >= 0.6 is 11.6 Å². The Morgan fingerprint density at radius 1 is 1.24 bits per heavy atom. The number of hydrogen-bond donors (Lipinski definition) is 0. The number of rotatable bonds is 4. The Labute approximate surface area is 127 Å². The van der Waals surface area contributed by atoms with E-state index in [1.807, 2.05) is 18.4 Å². The minimum atomic E-state index is -0.874. The van der Waals surface area contributed by atoms with Gasteiger partial charge in [0.15, 0.2) is 17.4 Å². The Morgan fingerprint density at radius 2 is 1.90 bits per heavy atom. The van der Waals surface area contributed by atoms with E-state index >= 15 is 0 Å². The first-order valence-electron chi connectivity index (χ1n) is 6.60. The molecule has 0 aliphatic carbocycles. The van der Waals surface area contributed by atoms with Crippen molar-refractivity contribution in [3.8, 4) is 0 Å². The van der Waals surface area contributed by atoms with Crippen molar-refractivity contribution in [1.82, 2.24) is 4.57 Å². The Balaban J connectivity index is 2.36. The van der Waals surface area contributed by atoms with Gasteiger partial charge in [-0.3, -0.25) is 4.79 Å². The van der Waals surface area contributed by atoms with Crippen LogP contribution in [0.3, 0.4) is 0 Å². The molecule has 0 amide bonds. The molecule has 0 spiro atoms. The van der Waals surface area contributed by atoms with E-state index in [-0.39, 0.29) is 5.78 Å². The molecule has 0 aliphatic heterocycles. The van der Waals surface area contributed by atoms with Gasteiger partial charge in [-0.05, 0) is 44.5 Å². The van der Waals surface area contributed by atoms with Crippen molar-refractivity contribution in [2.45, 2.75) is 32.7 Å². The van der Waals surface area contributed by atoms with Gasteiger partial charge in [0.05, 0.1) is 5.38 Å². The number of aryl methyl sites for hydroxylation is 1. The first-order chi connectivity index (χ1) is 9.81. The number of halogens is 3. The minimum Gasteiger partial charge on any atom is -0.344 e. The molecule has 1 unspecified atom stereocenters. The normalized spacial score (nSPS) is 12.5. The zero-order valence-electron chi connectivity index (χ0n) is 12.1. The van der Waals surface area contributed by atoms with Gasteiger partial charge in [-0.15, -0.1) is 11.6 Å². The van der Waals surface area contributed by atoms with Gasteiger partial charge in [0, 0.05) is 23.5 Å². The van der Waals surface area contributed by atoms with E-state index in [2.05, 4.69) is 0 Å². The first-order valence-corrected chi connectivity index (χ1v) is 7.04. The highest BCUT2D eigenvalue weighted by Gasteiger charge is 2.19. The summed E-state index contributed by atoms with van der Waals surface area (Å²) < 4.78 is 28.1. The van der Waals surface area contributed by atoms with Gasteiger partial charge in [0.1, 0.15) is 0 Å². The third-order valence-corrected chi connectivity index (χ3v) is 3.72. The van der Waals surface area contributed by atoms with Gasteiger partial charge in [-0.25, -0.2) is 8.78 Å². The lowest BCUT2D eigenvalue weighted by Crippen LogP contribution is -2.12. The molecule has 0 aliphatic rings. The molecule has 1 aromatic carbocycles. The van der Waals surface area contributed by atoms with Crippen molar-refractivity contribution in [2.75, 3.05) is 0 Å². The molecule has 21 heavy (non-hydrogen) atoms. The number of carbonyl (C=O) groups excluding carboxylic acids is 1. The first kappa shape index (κ1) is 15.7. The summed E-state index contributed by atoms with van der Waals surface area (Å²) in [6.45, 7) is 5.69. The Bertz CT molecular complexity index is 692. The third-order valence-electron chi connectivity index (χ3n) is 3.53. The molecule has 112 valence electrons. The standard InChI is InChI=1S/C16H16ClF2NO/c1-9-6-13(16(21)10(2)17)11(3)20(9)8-12-4-5-14(18)15(19)7-12/h4-7,10H,8H2,1-3H3. The molecule has 2 aromatic rings. The fraction of sp³-hybridized carbons (Fsp3) is 0.312. The van der Waals surface area contributed by atoms with Crippen molar-refractivity contribution < 1.29 is 13.6 Å². The van der Waals surface area contributed by atoms with E-state index in [0.717, 1.165) is 17.5 Å². The van der Waals surface area contributed by atoms with Gasteiger partial charge in [-0.1, -0.05) is 6.07 Å². The van der Waals surface area contributed by atoms with E-state index in [0.29, 0.717) is 17.7 Å². The summed E-state index contributed by atoms with van der Waals surface area (Å²) in [4.78, 5) is 12.0. The quantitative estimate of drug-likeness (QED) is 0.611. The molecule has 2 nitrogen and oxygen atoms in total. The molecule has 1 atom stereocenters. The number of Topliss-reactive ketones (excluding diaryl/α,β-unsaturated/α-hetero) is 1. The molecule has 1 aromatic heterocycles. The second kappa shape index (κ2) is 5.98. The molecule has 0 bridgehead atoms. The highest BCUT2D eigenvalue weighted by atomic mass is 35.5. The van der Waals surface area contributed by atoms with Crippen molar-refractivity contribution in [3.05, 3.63) is 58.4 Å². The van der Waals surface area contributed by atoms with Crippen LogP contribution in [0.5, 0.6) is 0 Å². The fourth-order valence-electron chi connectivity index (χ4n) is 2.33. The average molecular weight is 312 g/mol. The van der Waals surface area contributed by atoms with Crippen molar-refractivity contribution in [1.29, 1.82) is 0 Å². The number of hydrogen-bond acceptors (Lipinski definition) is 1. The lowest BCUT2D eigenvalue weighted by molar-refractivity contribution is 0.0991. The number of nitrogens with zero attached hydrogens (tertiary/aromatic N) is 1. The third kappa shape index (κ3) is 3.16. The highest BCUT2D eigenvalue weighted by Crippen LogP contribution is 2.20. The largest absolute Gasteiger partial charge is 0.344 e. The van der Waals surface area contributed by atoms with Crippen molar-refractivity contribution in [3.63, 3.8) is 0 Å². The van der Waals surface area contributed by atoms with Crippen LogP contribution in [0.15, 0.2) is 24.3 Å². The molecule has 5 heteroatoms. The van der Waals surface area contributed by atoms with Gasteiger partial charge < -0.3 is 4.57 Å². The summed E-state index contributed by atoms with van der Waals surface area (Å²) >= 11 is 5.84. The van der Waals surface area contributed by atoms with E-state index in [9.17, 15) is 13.6 Å². The molecule has 0 saturated heterocycles. The topological polar surface area (TPSA) is 22.0 Å². The Kier molecular flexibility index (Phi) is 4.47. The van der Waals surface area contributed by atoms with Crippen molar-refractivity contribution in [2.24, 2.45) is 0 Å². The summed E-state index contributed by atoms with van der Waals surface area (Å²) in [5, 5.41) is -0.595. The molecular formula is C16H16ClF2NO. The van der Waals surface area contributed by atoms with Crippen LogP contribution in [-0.4, -0.2) is 15.7 Å². The molecule has 0 radical (unpaired) electrons. The zero-order valence-corrected chi connectivity index (χ0v) is 12.8. The fourth-order valence-corrected chi connectivity index (χ4v) is 2.45. The van der Waals surface area contributed by atoms with E-state index in [1.54, 1.807) is 13.0 Å². The lowest BCUT2D eigenvalue weighted by atomic mass is 10.1. The van der Waals surface area contributed by atoms with Crippen LogP contribution in [0.25, 0.3) is 0 Å². The second-order valence-corrected chi connectivity index (χ2v) is 5.75. The number of aromatic nitrogens is 1. The molecule has 1 heterocycles. The predicted molar refractivity (Wildman–Crippen MR) is 79.0 cm³/mol. The van der Waals surface area contributed by atoms with Crippen molar-refractivity contribution >= 4 is 17.4 Å². The molecule has 0 saturated carbocycles. The minimum absolute atomic E-state index is 0.138. The summed E-state index contributed by atoms with van der Waals surface area (Å²) in [5.41, 5.74) is 2.85. The van der Waals surface area contributed by atoms with Gasteiger partial charge >= 0.3 is 0 Å². The maximum atomic E-state index is 13.3. The maximum Gasteiger partial charge on any atom is 0.182 e. The molecule has 2 rings (SSSR count). The van der Waals surface area contributed by atoms with Crippen LogP contribution in [0, 0.1) is 25.5 Å². The van der Waals surface area contributed by atoms with Crippen LogP contribution in [0.1, 0.15) is 34.2 Å². The monoisotopic (exact) mass is 311 g/mol.